The Hall–Kier alpha value is -3.01. The number of piperazine rings is 1. The molecule has 3 fully saturated rings. The molecule has 0 aromatic heterocycles. The molecule has 2 atom stereocenters. The Bertz CT molecular complexity index is 1280. The van der Waals surface area contributed by atoms with Gasteiger partial charge in [-0.25, -0.2) is 4.39 Å². The number of likely N-dealkylation sites (tertiary alicyclic amines) is 1. The molecule has 0 unspecified atom stereocenters. The Morgan fingerprint density at radius 3 is 2.61 bits per heavy atom. The number of ether oxygens (including phenoxy) is 1. The quantitative estimate of drug-likeness (QED) is 0.645. The van der Waals surface area contributed by atoms with Crippen molar-refractivity contribution in [2.24, 2.45) is 0 Å². The molecule has 200 valence electrons. The lowest BCUT2D eigenvalue weighted by Crippen LogP contribution is -2.62. The highest BCUT2D eigenvalue weighted by Crippen LogP contribution is 2.33. The van der Waals surface area contributed by atoms with Gasteiger partial charge >= 0.3 is 0 Å². The van der Waals surface area contributed by atoms with Crippen LogP contribution in [0.15, 0.2) is 36.4 Å². The predicted octanol–water partition coefficient (Wildman–Crippen LogP) is 3.39. The molecule has 2 aromatic rings. The van der Waals surface area contributed by atoms with Crippen LogP contribution in [-0.2, 0) is 14.3 Å². The van der Waals surface area contributed by atoms with E-state index in [4.69, 9.17) is 16.3 Å². The van der Waals surface area contributed by atoms with Crippen molar-refractivity contribution in [3.63, 3.8) is 0 Å². The van der Waals surface area contributed by atoms with Crippen LogP contribution in [0.5, 0.6) is 0 Å². The van der Waals surface area contributed by atoms with Gasteiger partial charge in [-0.1, -0.05) is 17.7 Å². The maximum atomic E-state index is 14.6. The highest BCUT2D eigenvalue weighted by molar-refractivity contribution is 6.30. The van der Waals surface area contributed by atoms with Crippen molar-refractivity contribution in [3.05, 3.63) is 52.8 Å². The van der Waals surface area contributed by atoms with Crippen LogP contribution in [0.4, 0.5) is 10.1 Å². The van der Waals surface area contributed by atoms with Crippen LogP contribution in [0.3, 0.4) is 0 Å². The second-order valence-electron chi connectivity index (χ2n) is 10.4. The number of nitrogens with zero attached hydrogens (tertiary/aromatic N) is 3. The lowest BCUT2D eigenvalue weighted by Gasteiger charge is -2.42. The fourth-order valence-electron chi connectivity index (χ4n) is 6.26. The topological polar surface area (TPSA) is 82.2 Å². The fraction of sp³-hybridized carbons (Fsp3) is 0.464. The number of amides is 3. The minimum absolute atomic E-state index is 0.0381. The molecule has 3 amide bonds. The van der Waals surface area contributed by atoms with E-state index in [2.05, 4.69) is 10.2 Å². The van der Waals surface area contributed by atoms with Crippen LogP contribution in [0, 0.1) is 5.82 Å². The first kappa shape index (κ1) is 25.3. The van der Waals surface area contributed by atoms with Gasteiger partial charge < -0.3 is 19.9 Å². The van der Waals surface area contributed by atoms with Crippen molar-refractivity contribution in [1.29, 1.82) is 0 Å². The first-order valence-electron chi connectivity index (χ1n) is 13.2. The van der Waals surface area contributed by atoms with Crippen LogP contribution in [0.2, 0.25) is 5.02 Å². The Balaban J connectivity index is 1.21. The number of halogens is 2. The summed E-state index contributed by atoms with van der Waals surface area (Å²) in [5, 5.41) is 3.15. The summed E-state index contributed by atoms with van der Waals surface area (Å²) in [6.45, 7) is 3.12. The maximum Gasteiger partial charge on any atom is 0.256 e. The number of hydrogen-bond acceptors (Lipinski definition) is 5. The lowest BCUT2D eigenvalue weighted by atomic mass is 10.0. The summed E-state index contributed by atoms with van der Waals surface area (Å²) < 4.78 is 20.1. The van der Waals surface area contributed by atoms with Gasteiger partial charge in [0.25, 0.3) is 5.91 Å². The zero-order valence-electron chi connectivity index (χ0n) is 21.0. The van der Waals surface area contributed by atoms with Gasteiger partial charge in [-0.05, 0) is 68.1 Å². The van der Waals surface area contributed by atoms with Crippen LogP contribution in [0.1, 0.15) is 36.0 Å². The van der Waals surface area contributed by atoms with Crippen molar-refractivity contribution in [3.8, 4) is 11.1 Å². The minimum Gasteiger partial charge on any atom is -0.381 e. The van der Waals surface area contributed by atoms with E-state index in [0.717, 1.165) is 45.4 Å². The molecule has 3 saturated heterocycles. The normalized spacial score (nSPS) is 24.6. The van der Waals surface area contributed by atoms with Gasteiger partial charge in [-0.3, -0.25) is 19.3 Å². The zero-order valence-corrected chi connectivity index (χ0v) is 21.8. The molecule has 4 heterocycles. The molecule has 0 spiro atoms. The van der Waals surface area contributed by atoms with Gasteiger partial charge in [-0.2, -0.15) is 0 Å². The van der Waals surface area contributed by atoms with Gasteiger partial charge in [0, 0.05) is 42.9 Å². The highest BCUT2D eigenvalue weighted by Gasteiger charge is 2.44. The lowest BCUT2D eigenvalue weighted by molar-refractivity contribution is -0.141. The third-order valence-corrected chi connectivity index (χ3v) is 8.48. The second-order valence-corrected chi connectivity index (χ2v) is 10.8. The van der Waals surface area contributed by atoms with Crippen molar-refractivity contribution < 1.29 is 23.5 Å². The second kappa shape index (κ2) is 10.3. The monoisotopic (exact) mass is 540 g/mol. The number of anilines is 1. The molecule has 0 aliphatic carbocycles. The van der Waals surface area contributed by atoms with Crippen molar-refractivity contribution >= 4 is 35.0 Å². The summed E-state index contributed by atoms with van der Waals surface area (Å²) in [5.74, 6) is -1.09. The Labute approximate surface area is 225 Å². The molecule has 6 rings (SSSR count). The van der Waals surface area contributed by atoms with Crippen molar-refractivity contribution in [1.82, 2.24) is 14.7 Å². The maximum absolute atomic E-state index is 14.6. The molecule has 0 bridgehead atoms. The van der Waals surface area contributed by atoms with Crippen LogP contribution in [0.25, 0.3) is 11.1 Å². The van der Waals surface area contributed by atoms with E-state index in [1.807, 2.05) is 0 Å². The first-order chi connectivity index (χ1) is 18.4. The summed E-state index contributed by atoms with van der Waals surface area (Å²) in [4.78, 5) is 46.2. The van der Waals surface area contributed by atoms with E-state index in [-0.39, 0.29) is 41.9 Å². The minimum atomic E-state index is -0.791. The summed E-state index contributed by atoms with van der Waals surface area (Å²) in [6.07, 6.45) is 3.64. The number of carbonyl (C=O) groups is 3. The Morgan fingerprint density at radius 1 is 1.00 bits per heavy atom. The van der Waals surface area contributed by atoms with Crippen LogP contribution < -0.4 is 5.32 Å². The van der Waals surface area contributed by atoms with E-state index in [1.165, 1.54) is 11.0 Å². The summed E-state index contributed by atoms with van der Waals surface area (Å²) in [7, 11) is 0. The molecule has 38 heavy (non-hydrogen) atoms. The van der Waals surface area contributed by atoms with E-state index in [9.17, 15) is 18.8 Å². The molecule has 8 nitrogen and oxygen atoms in total. The Kier molecular flexibility index (Phi) is 6.84. The van der Waals surface area contributed by atoms with Crippen molar-refractivity contribution in [2.75, 3.05) is 44.7 Å². The van der Waals surface area contributed by atoms with E-state index >= 15 is 0 Å². The van der Waals surface area contributed by atoms with Gasteiger partial charge in [0.1, 0.15) is 11.9 Å². The Morgan fingerprint density at radius 2 is 1.82 bits per heavy atom. The predicted molar refractivity (Wildman–Crippen MR) is 140 cm³/mol. The summed E-state index contributed by atoms with van der Waals surface area (Å²) in [6, 6.07) is 8.65. The number of hydrogen-bond donors (Lipinski definition) is 1. The van der Waals surface area contributed by atoms with Gasteiger partial charge in [0.2, 0.25) is 11.8 Å². The molecule has 2 aromatic carbocycles. The number of benzene rings is 2. The van der Waals surface area contributed by atoms with Gasteiger partial charge in [0.15, 0.2) is 0 Å². The van der Waals surface area contributed by atoms with Gasteiger partial charge in [0.05, 0.1) is 23.8 Å². The number of rotatable bonds is 3. The third-order valence-electron chi connectivity index (χ3n) is 8.24. The molecule has 4 aliphatic heterocycles. The zero-order chi connectivity index (χ0) is 26.4. The largest absolute Gasteiger partial charge is 0.381 e. The van der Waals surface area contributed by atoms with Crippen molar-refractivity contribution in [2.45, 2.75) is 43.8 Å². The first-order valence-corrected chi connectivity index (χ1v) is 13.6. The molecule has 1 N–H and O–H groups in total. The fourth-order valence-corrected chi connectivity index (χ4v) is 6.42. The summed E-state index contributed by atoms with van der Waals surface area (Å²) >= 11 is 5.90. The molecular formula is C28H30ClFN4O4. The standard InChI is InChI=1S/C28H30ClFN4O4/c29-18-4-5-20(22(30)15-18)17-3-6-23-21(14-17)27(36)34-11-10-32(16-25(34)26(35)31-23)28(37)24-2-1-9-33(24)19-7-12-38-13-8-19/h3-6,14-15,19,24-25H,1-2,7-13,16H2,(H,31,35)/t24-,25+/m0/s1. The smallest absolute Gasteiger partial charge is 0.256 e. The third kappa shape index (κ3) is 4.57. The van der Waals surface area contributed by atoms with E-state index < -0.39 is 11.9 Å². The summed E-state index contributed by atoms with van der Waals surface area (Å²) in [5.41, 5.74) is 1.52. The highest BCUT2D eigenvalue weighted by atomic mass is 35.5. The molecule has 4 aliphatic rings. The molecular weight excluding hydrogens is 511 g/mol. The molecule has 0 saturated carbocycles. The van der Waals surface area contributed by atoms with E-state index in [1.54, 1.807) is 35.2 Å². The van der Waals surface area contributed by atoms with Crippen LogP contribution >= 0.6 is 11.6 Å². The average Bonchev–Trinajstić information content (AvgIpc) is 3.39. The molecule has 0 radical (unpaired) electrons. The van der Waals surface area contributed by atoms with E-state index in [0.29, 0.717) is 35.0 Å². The van der Waals surface area contributed by atoms with Gasteiger partial charge in [-0.15, -0.1) is 0 Å². The number of carbonyl (C=O) groups excluding carboxylic acids is 3. The van der Waals surface area contributed by atoms with Crippen LogP contribution in [-0.4, -0.2) is 89.9 Å². The SMILES string of the molecule is O=C1Nc2ccc(-c3ccc(Cl)cc3F)cc2C(=O)N2CCN(C(=O)[C@@H]3CCCN3C3CCOCC3)C[C@H]12. The average molecular weight is 541 g/mol. The molecule has 10 heteroatoms. The number of nitrogens with one attached hydrogen (secondary N) is 1. The number of fused-ring (bicyclic) bond motifs is 2.